The van der Waals surface area contributed by atoms with Crippen molar-refractivity contribution in [3.63, 3.8) is 0 Å². The van der Waals surface area contributed by atoms with Crippen molar-refractivity contribution in [3.05, 3.63) is 24.3 Å². The Morgan fingerprint density at radius 2 is 1.70 bits per heavy atom. The highest BCUT2D eigenvalue weighted by molar-refractivity contribution is 6.90. The summed E-state index contributed by atoms with van der Waals surface area (Å²) >= 11 is 0. The molecule has 0 aliphatic heterocycles. The topological polar surface area (TPSA) is 48.0 Å². The molecule has 23 heavy (non-hydrogen) atoms. The summed E-state index contributed by atoms with van der Waals surface area (Å²) in [4.78, 5) is 11.9. The van der Waals surface area contributed by atoms with Crippen molar-refractivity contribution in [2.24, 2.45) is 0 Å². The molecule has 130 valence electrons. The molecule has 0 unspecified atom stereocenters. The first kappa shape index (κ1) is 20.0. The van der Waals surface area contributed by atoms with Gasteiger partial charge in [-0.1, -0.05) is 30.4 Å². The normalized spacial score (nSPS) is 12.3. The second-order valence-corrected chi connectivity index (χ2v) is 14.0. The molecule has 5 nitrogen and oxygen atoms in total. The smallest absolute Gasteiger partial charge is 0.377 e. The van der Waals surface area contributed by atoms with Gasteiger partial charge in [0.25, 0.3) is 0 Å². The zero-order valence-corrected chi connectivity index (χ0v) is 16.7. The van der Waals surface area contributed by atoms with Gasteiger partial charge in [-0.3, -0.25) is 4.90 Å². The highest BCUT2D eigenvalue weighted by Gasteiger charge is 2.40. The molecule has 0 bridgehead atoms. The maximum absolute atomic E-state index is 12.9. The van der Waals surface area contributed by atoms with Crippen molar-refractivity contribution in [3.8, 4) is 0 Å². The van der Waals surface area contributed by atoms with E-state index in [0.29, 0.717) is 5.69 Å². The summed E-state index contributed by atoms with van der Waals surface area (Å²) < 4.78 is 29.3. The fourth-order valence-corrected chi connectivity index (χ4v) is 8.61. The summed E-state index contributed by atoms with van der Waals surface area (Å²) in [5.74, 6) is 0. The molecule has 0 heterocycles. The molecule has 1 amide bonds. The molecule has 0 N–H and O–H groups in total. The van der Waals surface area contributed by atoms with Crippen LogP contribution in [0.2, 0.25) is 25.2 Å². The zero-order valence-electron chi connectivity index (χ0n) is 14.7. The van der Waals surface area contributed by atoms with E-state index in [9.17, 15) is 9.18 Å². The van der Waals surface area contributed by atoms with Crippen LogP contribution in [0, 0.1) is 0 Å². The van der Waals surface area contributed by atoms with Crippen LogP contribution in [-0.4, -0.2) is 51.4 Å². The molecule has 0 radical (unpaired) electrons. The lowest BCUT2D eigenvalue weighted by molar-refractivity contribution is 0.125. The number of amides is 1. The lowest BCUT2D eigenvalue weighted by Crippen LogP contribution is -2.48. The van der Waals surface area contributed by atoms with Gasteiger partial charge in [0.15, 0.2) is 0 Å². The van der Waals surface area contributed by atoms with Crippen LogP contribution in [0.1, 0.15) is 0 Å². The number of carbonyl (C=O) groups is 1. The largest absolute Gasteiger partial charge is 0.499 e. The molecule has 0 saturated carbocycles. The third-order valence-electron chi connectivity index (χ3n) is 4.27. The second-order valence-electron chi connectivity index (χ2n) is 6.04. The summed E-state index contributed by atoms with van der Waals surface area (Å²) in [6, 6.07) is 9.13. The Labute approximate surface area is 139 Å². The maximum Gasteiger partial charge on any atom is 0.499 e. The predicted octanol–water partition coefficient (Wildman–Crippen LogP) is 3.01. The summed E-state index contributed by atoms with van der Waals surface area (Å²) in [5, 5.41) is 1.15. The van der Waals surface area contributed by atoms with Gasteiger partial charge in [-0.2, -0.15) is 0 Å². The van der Waals surface area contributed by atoms with Crippen molar-refractivity contribution >= 4 is 33.9 Å². The van der Waals surface area contributed by atoms with E-state index in [2.05, 4.69) is 13.1 Å². The van der Waals surface area contributed by atoms with Crippen LogP contribution in [0.4, 0.5) is 14.9 Å². The van der Waals surface area contributed by atoms with Gasteiger partial charge in [0.2, 0.25) is 0 Å². The molecule has 0 aliphatic carbocycles. The third kappa shape index (κ3) is 4.95. The third-order valence-corrected chi connectivity index (χ3v) is 10.9. The molecule has 1 rings (SSSR count). The van der Waals surface area contributed by atoms with Crippen LogP contribution in [0.5, 0.6) is 0 Å². The van der Waals surface area contributed by atoms with E-state index < -0.39 is 23.0 Å². The number of rotatable bonds is 8. The molecule has 0 saturated heterocycles. The minimum atomic E-state index is -2.60. The number of hydrogen-bond acceptors (Lipinski definition) is 4. The summed E-state index contributed by atoms with van der Waals surface area (Å²) in [5.41, 5.74) is 0.560. The number of carbonyl (C=O) groups excluding carboxylic acids is 1. The molecule has 0 atom stereocenters. The monoisotopic (exact) mass is 359 g/mol. The molecule has 0 aromatic heterocycles. The van der Waals surface area contributed by atoms with E-state index in [1.807, 2.05) is 18.2 Å². The average molecular weight is 360 g/mol. The SMILES string of the molecule is CO[Si](CC[Si](C)(C)c1cccc(N(C)C(=O)F)c1)(OC)OC. The van der Waals surface area contributed by atoms with E-state index in [1.165, 1.54) is 7.05 Å². The molecular weight excluding hydrogens is 333 g/mol. The number of halogens is 1. The van der Waals surface area contributed by atoms with E-state index in [4.69, 9.17) is 13.3 Å². The van der Waals surface area contributed by atoms with E-state index in [0.717, 1.165) is 22.2 Å². The van der Waals surface area contributed by atoms with Crippen molar-refractivity contribution in [1.82, 2.24) is 0 Å². The molecule has 1 aromatic carbocycles. The summed E-state index contributed by atoms with van der Waals surface area (Å²) in [6.45, 7) is 4.45. The molecule has 0 fully saturated rings. The van der Waals surface area contributed by atoms with E-state index in [-0.39, 0.29) is 0 Å². The van der Waals surface area contributed by atoms with Gasteiger partial charge in [0, 0.05) is 40.1 Å². The average Bonchev–Trinajstić information content (AvgIpc) is 2.56. The van der Waals surface area contributed by atoms with Crippen molar-refractivity contribution < 1.29 is 22.5 Å². The summed E-state index contributed by atoms with van der Waals surface area (Å²) in [7, 11) is 1.83. The fourth-order valence-electron chi connectivity index (χ4n) is 2.40. The van der Waals surface area contributed by atoms with Gasteiger partial charge in [-0.25, -0.2) is 4.79 Å². The number of hydrogen-bond donors (Lipinski definition) is 0. The van der Waals surface area contributed by atoms with Gasteiger partial charge >= 0.3 is 15.0 Å². The Hall–Kier alpha value is -1.07. The van der Waals surface area contributed by atoms with Crippen LogP contribution < -0.4 is 10.1 Å². The van der Waals surface area contributed by atoms with Gasteiger partial charge in [-0.15, -0.1) is 4.39 Å². The second kappa shape index (κ2) is 8.16. The Kier molecular flexibility index (Phi) is 7.09. The van der Waals surface area contributed by atoms with E-state index in [1.54, 1.807) is 27.4 Å². The highest BCUT2D eigenvalue weighted by atomic mass is 28.4. The van der Waals surface area contributed by atoms with Crippen LogP contribution in [0.25, 0.3) is 0 Å². The summed E-state index contributed by atoms with van der Waals surface area (Å²) in [6.07, 6.45) is -1.47. The predicted molar refractivity (Wildman–Crippen MR) is 94.9 cm³/mol. The van der Waals surface area contributed by atoms with Crippen molar-refractivity contribution in [2.75, 3.05) is 33.3 Å². The molecule has 0 aliphatic rings. The van der Waals surface area contributed by atoms with Crippen LogP contribution in [0.15, 0.2) is 24.3 Å². The Morgan fingerprint density at radius 3 is 2.17 bits per heavy atom. The van der Waals surface area contributed by atoms with Gasteiger partial charge in [0.05, 0.1) is 8.07 Å². The quantitative estimate of drug-likeness (QED) is 0.407. The van der Waals surface area contributed by atoms with Crippen molar-refractivity contribution in [2.45, 2.75) is 25.2 Å². The lowest BCUT2D eigenvalue weighted by Gasteiger charge is -2.30. The molecule has 0 spiro atoms. The van der Waals surface area contributed by atoms with Crippen LogP contribution in [-0.2, 0) is 13.3 Å². The molecule has 1 aromatic rings. The number of benzene rings is 1. The minimum absolute atomic E-state index is 0.560. The first-order valence-corrected chi connectivity index (χ1v) is 12.5. The molecular formula is C15H26FNO4Si2. The van der Waals surface area contributed by atoms with Gasteiger partial charge < -0.3 is 13.3 Å². The Bertz CT molecular complexity index is 530. The van der Waals surface area contributed by atoms with E-state index >= 15 is 0 Å². The Morgan fingerprint density at radius 1 is 1.13 bits per heavy atom. The first-order valence-electron chi connectivity index (χ1n) is 7.40. The zero-order chi connectivity index (χ0) is 17.7. The minimum Gasteiger partial charge on any atom is -0.377 e. The number of nitrogens with zero attached hydrogens (tertiary/aromatic N) is 1. The maximum atomic E-state index is 12.9. The van der Waals surface area contributed by atoms with Gasteiger partial charge in [0.1, 0.15) is 0 Å². The Balaban J connectivity index is 2.96. The van der Waals surface area contributed by atoms with Crippen LogP contribution >= 0.6 is 0 Å². The van der Waals surface area contributed by atoms with Gasteiger partial charge in [-0.05, 0) is 18.2 Å². The highest BCUT2D eigenvalue weighted by Crippen LogP contribution is 2.23. The molecule has 8 heteroatoms. The first-order chi connectivity index (χ1) is 10.7. The lowest BCUT2D eigenvalue weighted by atomic mass is 10.3. The van der Waals surface area contributed by atoms with Crippen molar-refractivity contribution in [1.29, 1.82) is 0 Å². The van der Waals surface area contributed by atoms with Crippen LogP contribution in [0.3, 0.4) is 0 Å². The standard InChI is InChI=1S/C15H26FNO4Si2/c1-17(15(16)18)13-8-7-9-14(12-13)22(5,6)10-11-23(19-2,20-3)21-4/h7-9,12H,10-11H2,1-6H3. The number of anilines is 1. The fraction of sp³-hybridized carbons (Fsp3) is 0.533.